The van der Waals surface area contributed by atoms with Gasteiger partial charge in [-0.25, -0.2) is 17.5 Å². The predicted octanol–water partition coefficient (Wildman–Crippen LogP) is 1.12. The van der Waals surface area contributed by atoms with Gasteiger partial charge in [-0.05, 0) is 17.7 Å². The van der Waals surface area contributed by atoms with Crippen molar-refractivity contribution in [1.82, 2.24) is 10.0 Å². The summed E-state index contributed by atoms with van der Waals surface area (Å²) in [6.45, 7) is 1.31. The second-order valence-corrected chi connectivity index (χ2v) is 5.83. The number of sulfonamides is 1. The maximum atomic E-state index is 12.8. The average Bonchev–Trinajstić information content (AvgIpc) is 2.21. The van der Waals surface area contributed by atoms with Crippen molar-refractivity contribution in [3.63, 3.8) is 0 Å². The van der Waals surface area contributed by atoms with Crippen LogP contribution in [0.4, 0.5) is 4.39 Å². The lowest BCUT2D eigenvalue weighted by molar-refractivity contribution is 0.581. The molecule has 0 atom stereocenters. The minimum absolute atomic E-state index is 0.0820. The predicted molar refractivity (Wildman–Crippen MR) is 66.0 cm³/mol. The minimum atomic E-state index is -3.14. The van der Waals surface area contributed by atoms with Gasteiger partial charge < -0.3 is 5.32 Å². The van der Waals surface area contributed by atoms with E-state index < -0.39 is 15.8 Å². The van der Waals surface area contributed by atoms with Crippen LogP contribution in [-0.4, -0.2) is 27.8 Å². The molecule has 2 N–H and O–H groups in total. The molecule has 0 unspecified atom stereocenters. The molecule has 17 heavy (non-hydrogen) atoms. The van der Waals surface area contributed by atoms with E-state index in [1.54, 1.807) is 6.07 Å². The van der Waals surface area contributed by atoms with Gasteiger partial charge in [0.05, 0.1) is 11.3 Å². The van der Waals surface area contributed by atoms with Gasteiger partial charge in [0.1, 0.15) is 5.82 Å². The second kappa shape index (κ2) is 6.30. The molecule has 0 spiro atoms. The van der Waals surface area contributed by atoms with Gasteiger partial charge in [0.15, 0.2) is 0 Å². The smallest absolute Gasteiger partial charge is 0.208 e. The first-order valence-electron chi connectivity index (χ1n) is 4.98. The number of halogens is 2. The van der Waals surface area contributed by atoms with Crippen molar-refractivity contribution in [2.75, 3.05) is 19.3 Å². The highest BCUT2D eigenvalue weighted by atomic mass is 35.5. The van der Waals surface area contributed by atoms with Gasteiger partial charge >= 0.3 is 0 Å². The summed E-state index contributed by atoms with van der Waals surface area (Å²) in [5.41, 5.74) is 0.843. The lowest BCUT2D eigenvalue weighted by atomic mass is 10.2. The van der Waals surface area contributed by atoms with E-state index >= 15 is 0 Å². The molecule has 0 aliphatic rings. The molecular formula is C10H14ClFN2O2S. The molecule has 0 aromatic heterocycles. The molecule has 0 amide bonds. The third-order valence-electron chi connectivity index (χ3n) is 1.98. The van der Waals surface area contributed by atoms with E-state index in [-0.39, 0.29) is 5.02 Å². The Morgan fingerprint density at radius 1 is 1.35 bits per heavy atom. The molecule has 1 aromatic carbocycles. The number of hydrogen-bond donors (Lipinski definition) is 2. The van der Waals surface area contributed by atoms with Crippen LogP contribution in [0, 0.1) is 5.82 Å². The maximum Gasteiger partial charge on any atom is 0.208 e. The van der Waals surface area contributed by atoms with Crippen molar-refractivity contribution >= 4 is 21.6 Å². The first-order valence-corrected chi connectivity index (χ1v) is 7.25. The lowest BCUT2D eigenvalue weighted by Gasteiger charge is -2.06. The average molecular weight is 281 g/mol. The zero-order valence-electron chi connectivity index (χ0n) is 9.33. The van der Waals surface area contributed by atoms with Crippen molar-refractivity contribution in [3.05, 3.63) is 34.6 Å². The highest BCUT2D eigenvalue weighted by Gasteiger charge is 2.01. The van der Waals surface area contributed by atoms with Gasteiger partial charge in [0, 0.05) is 19.6 Å². The molecule has 0 aliphatic carbocycles. The van der Waals surface area contributed by atoms with Gasteiger partial charge in [-0.2, -0.15) is 0 Å². The first-order chi connectivity index (χ1) is 7.88. The molecular weight excluding hydrogens is 267 g/mol. The third-order valence-corrected chi connectivity index (χ3v) is 3.00. The van der Waals surface area contributed by atoms with E-state index in [4.69, 9.17) is 11.6 Å². The van der Waals surface area contributed by atoms with Crippen LogP contribution in [0.2, 0.25) is 5.02 Å². The Morgan fingerprint density at radius 3 is 2.65 bits per heavy atom. The summed E-state index contributed by atoms with van der Waals surface area (Å²) in [5, 5.41) is 3.09. The Bertz CT molecular complexity index is 479. The zero-order chi connectivity index (χ0) is 12.9. The molecule has 0 fully saturated rings. The van der Waals surface area contributed by atoms with Gasteiger partial charge in [-0.3, -0.25) is 0 Å². The van der Waals surface area contributed by atoms with Crippen LogP contribution in [0.3, 0.4) is 0 Å². The molecule has 0 aliphatic heterocycles. The van der Waals surface area contributed by atoms with Gasteiger partial charge in [-0.15, -0.1) is 0 Å². The van der Waals surface area contributed by atoms with Gasteiger partial charge in [0.2, 0.25) is 10.0 Å². The molecule has 1 aromatic rings. The SMILES string of the molecule is CS(=O)(=O)NCCNCc1ccc(F)c(Cl)c1. The summed E-state index contributed by atoms with van der Waals surface area (Å²) in [5.74, 6) is -0.450. The molecule has 0 bridgehead atoms. The Labute approximate surface area is 105 Å². The van der Waals surface area contributed by atoms with E-state index in [0.717, 1.165) is 11.8 Å². The number of benzene rings is 1. The van der Waals surface area contributed by atoms with Gasteiger partial charge in [-0.1, -0.05) is 17.7 Å². The van der Waals surface area contributed by atoms with E-state index in [2.05, 4.69) is 10.0 Å². The first kappa shape index (κ1) is 14.4. The monoisotopic (exact) mass is 280 g/mol. The van der Waals surface area contributed by atoms with Crippen LogP contribution in [0.1, 0.15) is 5.56 Å². The van der Waals surface area contributed by atoms with Crippen LogP contribution >= 0.6 is 11.6 Å². The molecule has 0 heterocycles. The molecule has 4 nitrogen and oxygen atoms in total. The number of hydrogen-bond acceptors (Lipinski definition) is 3. The number of rotatable bonds is 6. The summed E-state index contributed by atoms with van der Waals surface area (Å²) < 4.78 is 36.7. The molecule has 0 saturated carbocycles. The fourth-order valence-corrected chi connectivity index (χ4v) is 1.88. The standard InChI is InChI=1S/C10H14ClFN2O2S/c1-17(15,16)14-5-4-13-7-8-2-3-10(12)9(11)6-8/h2-3,6,13-14H,4-5,7H2,1H3. The Hall–Kier alpha value is -0.690. The Morgan fingerprint density at radius 2 is 2.06 bits per heavy atom. The normalized spacial score (nSPS) is 11.7. The lowest BCUT2D eigenvalue weighted by Crippen LogP contribution is -2.30. The molecule has 0 saturated heterocycles. The Balaban J connectivity index is 2.29. The van der Waals surface area contributed by atoms with E-state index in [1.165, 1.54) is 12.1 Å². The highest BCUT2D eigenvalue weighted by molar-refractivity contribution is 7.88. The quantitative estimate of drug-likeness (QED) is 0.768. The summed E-state index contributed by atoms with van der Waals surface area (Å²) >= 11 is 5.62. The third kappa shape index (κ3) is 5.97. The van der Waals surface area contributed by atoms with Crippen molar-refractivity contribution in [3.8, 4) is 0 Å². The van der Waals surface area contributed by atoms with Crippen molar-refractivity contribution in [2.24, 2.45) is 0 Å². The zero-order valence-corrected chi connectivity index (χ0v) is 10.9. The van der Waals surface area contributed by atoms with Crippen LogP contribution in [0.15, 0.2) is 18.2 Å². The molecule has 0 radical (unpaired) electrons. The van der Waals surface area contributed by atoms with E-state index in [0.29, 0.717) is 19.6 Å². The Kier molecular flexibility index (Phi) is 5.32. The van der Waals surface area contributed by atoms with Crippen molar-refractivity contribution in [1.29, 1.82) is 0 Å². The van der Waals surface area contributed by atoms with E-state index in [1.807, 2.05) is 0 Å². The van der Waals surface area contributed by atoms with Crippen LogP contribution < -0.4 is 10.0 Å². The largest absolute Gasteiger partial charge is 0.311 e. The summed E-state index contributed by atoms with van der Waals surface area (Å²) in [7, 11) is -3.14. The molecule has 7 heteroatoms. The second-order valence-electron chi connectivity index (χ2n) is 3.59. The highest BCUT2D eigenvalue weighted by Crippen LogP contribution is 2.15. The molecule has 1 rings (SSSR count). The summed E-state index contributed by atoms with van der Waals surface area (Å²) in [6, 6.07) is 4.46. The molecule has 96 valence electrons. The minimum Gasteiger partial charge on any atom is -0.311 e. The van der Waals surface area contributed by atoms with Gasteiger partial charge in [0.25, 0.3) is 0 Å². The van der Waals surface area contributed by atoms with E-state index in [9.17, 15) is 12.8 Å². The summed E-state index contributed by atoms with van der Waals surface area (Å²) in [4.78, 5) is 0. The van der Waals surface area contributed by atoms with Crippen molar-refractivity contribution < 1.29 is 12.8 Å². The summed E-state index contributed by atoms with van der Waals surface area (Å²) in [6.07, 6.45) is 1.10. The van der Waals surface area contributed by atoms with Crippen molar-refractivity contribution in [2.45, 2.75) is 6.54 Å². The fourth-order valence-electron chi connectivity index (χ4n) is 1.21. The fraction of sp³-hybridized carbons (Fsp3) is 0.400. The maximum absolute atomic E-state index is 12.8. The van der Waals surface area contributed by atoms with Crippen LogP contribution in [0.5, 0.6) is 0 Å². The number of nitrogens with one attached hydrogen (secondary N) is 2. The van der Waals surface area contributed by atoms with Crippen LogP contribution in [-0.2, 0) is 16.6 Å². The van der Waals surface area contributed by atoms with Crippen LogP contribution in [0.25, 0.3) is 0 Å². The topological polar surface area (TPSA) is 58.2 Å².